The van der Waals surface area contributed by atoms with Crippen LogP contribution in [0.2, 0.25) is 5.02 Å². The fourth-order valence-corrected chi connectivity index (χ4v) is 2.92. The van der Waals surface area contributed by atoms with Crippen LogP contribution in [0.15, 0.2) is 65.9 Å². The van der Waals surface area contributed by atoms with Gasteiger partial charge in [0.25, 0.3) is 11.8 Å². The van der Waals surface area contributed by atoms with E-state index in [1.807, 2.05) is 18.2 Å². The smallest absolute Gasteiger partial charge is 0.289 e. The molecule has 0 saturated heterocycles. The molecule has 24 heavy (non-hydrogen) atoms. The van der Waals surface area contributed by atoms with Crippen LogP contribution in [-0.2, 0) is 9.59 Å². The third-order valence-electron chi connectivity index (χ3n) is 3.92. The zero-order chi connectivity index (χ0) is 17.3. The van der Waals surface area contributed by atoms with Gasteiger partial charge in [0.15, 0.2) is 5.76 Å². The molecule has 2 amide bonds. The van der Waals surface area contributed by atoms with E-state index < -0.39 is 23.6 Å². The summed E-state index contributed by atoms with van der Waals surface area (Å²) in [6.07, 6.45) is 0. The number of carbonyl (C=O) groups is 2. The summed E-state index contributed by atoms with van der Waals surface area (Å²) in [6.45, 7) is 0. The van der Waals surface area contributed by atoms with Crippen molar-refractivity contribution < 1.29 is 14.7 Å². The third kappa shape index (κ3) is 2.74. The molecule has 2 aromatic carbocycles. The van der Waals surface area contributed by atoms with Crippen LogP contribution in [0, 0.1) is 0 Å². The average molecular weight is 343 g/mol. The molecule has 122 valence electrons. The summed E-state index contributed by atoms with van der Waals surface area (Å²) in [7, 11) is 1.55. The SMILES string of the molecule is CN1C(=O)C(O)=C(C(=O)Nc2ccccc2Cl)C1c1ccccc1. The summed E-state index contributed by atoms with van der Waals surface area (Å²) >= 11 is 6.05. The molecule has 3 rings (SSSR count). The van der Waals surface area contributed by atoms with Crippen LogP contribution < -0.4 is 5.32 Å². The fourth-order valence-electron chi connectivity index (χ4n) is 2.73. The summed E-state index contributed by atoms with van der Waals surface area (Å²) < 4.78 is 0. The Bertz CT molecular complexity index is 833. The molecule has 6 heteroatoms. The number of para-hydroxylation sites is 1. The Morgan fingerprint density at radius 2 is 1.75 bits per heavy atom. The van der Waals surface area contributed by atoms with E-state index in [-0.39, 0.29) is 5.57 Å². The van der Waals surface area contributed by atoms with Crippen molar-refractivity contribution in [2.24, 2.45) is 0 Å². The maximum atomic E-state index is 12.7. The number of hydrogen-bond acceptors (Lipinski definition) is 3. The molecule has 0 fully saturated rings. The first kappa shape index (κ1) is 16.1. The second-order valence-corrected chi connectivity index (χ2v) is 5.83. The Labute approximate surface area is 144 Å². The van der Waals surface area contributed by atoms with E-state index in [9.17, 15) is 14.7 Å². The molecule has 1 aliphatic rings. The molecule has 2 N–H and O–H groups in total. The van der Waals surface area contributed by atoms with Crippen molar-refractivity contribution in [3.05, 3.63) is 76.5 Å². The van der Waals surface area contributed by atoms with Gasteiger partial charge in [0.1, 0.15) is 0 Å². The zero-order valence-corrected chi connectivity index (χ0v) is 13.6. The van der Waals surface area contributed by atoms with Crippen LogP contribution in [-0.4, -0.2) is 28.9 Å². The van der Waals surface area contributed by atoms with E-state index in [1.165, 1.54) is 4.90 Å². The Morgan fingerprint density at radius 1 is 1.12 bits per heavy atom. The number of rotatable bonds is 3. The van der Waals surface area contributed by atoms with Gasteiger partial charge in [-0.25, -0.2) is 0 Å². The number of nitrogens with zero attached hydrogens (tertiary/aromatic N) is 1. The Kier molecular flexibility index (Phi) is 4.27. The van der Waals surface area contributed by atoms with Crippen LogP contribution in [0.25, 0.3) is 0 Å². The van der Waals surface area contributed by atoms with Crippen molar-refractivity contribution in [1.82, 2.24) is 4.90 Å². The molecule has 5 nitrogen and oxygen atoms in total. The first-order valence-electron chi connectivity index (χ1n) is 7.32. The van der Waals surface area contributed by atoms with Crippen molar-refractivity contribution >= 4 is 29.1 Å². The van der Waals surface area contributed by atoms with Crippen LogP contribution in [0.1, 0.15) is 11.6 Å². The molecular weight excluding hydrogens is 328 g/mol. The number of hydrogen-bond donors (Lipinski definition) is 2. The number of anilines is 1. The van der Waals surface area contributed by atoms with Gasteiger partial charge >= 0.3 is 0 Å². The van der Waals surface area contributed by atoms with E-state index in [2.05, 4.69) is 5.32 Å². The van der Waals surface area contributed by atoms with Gasteiger partial charge in [-0.05, 0) is 17.7 Å². The third-order valence-corrected chi connectivity index (χ3v) is 4.25. The van der Waals surface area contributed by atoms with Crippen LogP contribution in [0.3, 0.4) is 0 Å². The summed E-state index contributed by atoms with van der Waals surface area (Å²) in [6, 6.07) is 15.2. The van der Waals surface area contributed by atoms with Gasteiger partial charge in [-0.1, -0.05) is 54.1 Å². The normalized spacial score (nSPS) is 17.3. The van der Waals surface area contributed by atoms with Gasteiger partial charge in [-0.15, -0.1) is 0 Å². The van der Waals surface area contributed by atoms with Gasteiger partial charge in [0, 0.05) is 7.05 Å². The molecule has 0 aromatic heterocycles. The molecule has 1 heterocycles. The highest BCUT2D eigenvalue weighted by Crippen LogP contribution is 2.36. The molecular formula is C18H15ClN2O3. The van der Waals surface area contributed by atoms with Gasteiger partial charge in [-0.3, -0.25) is 9.59 Å². The predicted octanol–water partition coefficient (Wildman–Crippen LogP) is 3.30. The van der Waals surface area contributed by atoms with Crippen molar-refractivity contribution in [2.75, 3.05) is 12.4 Å². The van der Waals surface area contributed by atoms with E-state index >= 15 is 0 Å². The lowest BCUT2D eigenvalue weighted by Gasteiger charge is -2.22. The largest absolute Gasteiger partial charge is 0.503 e. The van der Waals surface area contributed by atoms with Gasteiger partial charge in [0.2, 0.25) is 0 Å². The maximum absolute atomic E-state index is 12.7. The predicted molar refractivity (Wildman–Crippen MR) is 91.7 cm³/mol. The monoisotopic (exact) mass is 342 g/mol. The average Bonchev–Trinajstić information content (AvgIpc) is 2.82. The van der Waals surface area contributed by atoms with Gasteiger partial charge in [-0.2, -0.15) is 0 Å². The van der Waals surface area contributed by atoms with E-state index in [0.29, 0.717) is 10.7 Å². The number of likely N-dealkylation sites (N-methyl/N-ethyl adjacent to an activating group) is 1. The standard InChI is InChI=1S/C18H15ClN2O3/c1-21-15(11-7-3-2-4-8-11)14(16(22)18(21)24)17(23)20-13-10-6-5-9-12(13)19/h2-10,15,22H,1H3,(H,20,23). The number of aliphatic hydroxyl groups excluding tert-OH is 1. The Balaban J connectivity index is 1.98. The molecule has 0 radical (unpaired) electrons. The highest BCUT2D eigenvalue weighted by atomic mass is 35.5. The summed E-state index contributed by atoms with van der Waals surface area (Å²) in [4.78, 5) is 26.2. The molecule has 0 spiro atoms. The lowest BCUT2D eigenvalue weighted by atomic mass is 9.99. The zero-order valence-electron chi connectivity index (χ0n) is 12.9. The highest BCUT2D eigenvalue weighted by Gasteiger charge is 2.41. The molecule has 1 unspecified atom stereocenters. The first-order chi connectivity index (χ1) is 11.5. The number of nitrogens with one attached hydrogen (secondary N) is 1. The Morgan fingerprint density at radius 3 is 2.42 bits per heavy atom. The van der Waals surface area contributed by atoms with E-state index in [4.69, 9.17) is 11.6 Å². The second-order valence-electron chi connectivity index (χ2n) is 5.43. The molecule has 0 bridgehead atoms. The van der Waals surface area contributed by atoms with Crippen molar-refractivity contribution in [1.29, 1.82) is 0 Å². The van der Waals surface area contributed by atoms with E-state index in [0.717, 1.165) is 5.56 Å². The number of benzene rings is 2. The minimum atomic E-state index is -0.652. The first-order valence-corrected chi connectivity index (χ1v) is 7.69. The number of amides is 2. The summed E-state index contributed by atoms with van der Waals surface area (Å²) in [5, 5.41) is 13.2. The van der Waals surface area contributed by atoms with Crippen molar-refractivity contribution in [3.8, 4) is 0 Å². The molecule has 1 aliphatic heterocycles. The molecule has 2 aromatic rings. The Hall–Kier alpha value is -2.79. The number of halogens is 1. The van der Waals surface area contributed by atoms with Crippen LogP contribution in [0.5, 0.6) is 0 Å². The second kappa shape index (κ2) is 6.37. The topological polar surface area (TPSA) is 69.6 Å². The summed E-state index contributed by atoms with van der Waals surface area (Å²) in [5.41, 5.74) is 1.16. The number of carbonyl (C=O) groups excluding carboxylic acids is 2. The minimum Gasteiger partial charge on any atom is -0.503 e. The molecule has 0 aliphatic carbocycles. The minimum absolute atomic E-state index is 0.00798. The lowest BCUT2D eigenvalue weighted by Crippen LogP contribution is -2.28. The van der Waals surface area contributed by atoms with Crippen LogP contribution in [0.4, 0.5) is 5.69 Å². The fraction of sp³-hybridized carbons (Fsp3) is 0.111. The molecule has 0 saturated carbocycles. The highest BCUT2D eigenvalue weighted by molar-refractivity contribution is 6.34. The van der Waals surface area contributed by atoms with Crippen molar-refractivity contribution in [2.45, 2.75) is 6.04 Å². The van der Waals surface area contributed by atoms with Crippen LogP contribution >= 0.6 is 11.6 Å². The summed E-state index contributed by atoms with van der Waals surface area (Å²) in [5.74, 6) is -1.70. The van der Waals surface area contributed by atoms with Crippen molar-refractivity contribution in [3.63, 3.8) is 0 Å². The van der Waals surface area contributed by atoms with Gasteiger partial charge in [0.05, 0.1) is 22.3 Å². The van der Waals surface area contributed by atoms with Gasteiger partial charge < -0.3 is 15.3 Å². The maximum Gasteiger partial charge on any atom is 0.289 e. The lowest BCUT2D eigenvalue weighted by molar-refractivity contribution is -0.128. The van der Waals surface area contributed by atoms with E-state index in [1.54, 1.807) is 43.4 Å². The quantitative estimate of drug-likeness (QED) is 0.899. The molecule has 1 atom stereocenters. The number of aliphatic hydroxyl groups is 1.